The molecule has 0 aromatic heterocycles. The number of hydrogen-bond donors (Lipinski definition) is 0. The molecule has 0 saturated carbocycles. The molecule has 3 aromatic rings. The maximum atomic E-state index is 12.9. The van der Waals surface area contributed by atoms with Gasteiger partial charge in [0.05, 0.1) is 0 Å². The van der Waals surface area contributed by atoms with Crippen LogP contribution in [-0.4, -0.2) is 11.6 Å². The standard InChI is InChI=1S/C22H15BrO2/c1-12-9-15(23)10-13(2)20(12)14-7-8-18-19(11-14)22(25)17-6-4-3-5-16(17)21(18)24/h3-11H,1-2H3. The molecule has 3 aromatic carbocycles. The molecule has 25 heavy (non-hydrogen) atoms. The van der Waals surface area contributed by atoms with E-state index in [9.17, 15) is 9.59 Å². The lowest BCUT2D eigenvalue weighted by Gasteiger charge is -2.19. The first-order chi connectivity index (χ1) is 12.0. The zero-order valence-corrected chi connectivity index (χ0v) is 15.5. The van der Waals surface area contributed by atoms with Crippen LogP contribution in [0.3, 0.4) is 0 Å². The Morgan fingerprint density at radius 1 is 0.680 bits per heavy atom. The monoisotopic (exact) mass is 390 g/mol. The summed E-state index contributed by atoms with van der Waals surface area (Å²) in [7, 11) is 0. The molecule has 0 atom stereocenters. The number of aryl methyl sites for hydroxylation is 2. The van der Waals surface area contributed by atoms with E-state index in [1.807, 2.05) is 12.1 Å². The lowest BCUT2D eigenvalue weighted by molar-refractivity contribution is 0.0979. The van der Waals surface area contributed by atoms with E-state index < -0.39 is 0 Å². The fourth-order valence-electron chi connectivity index (χ4n) is 3.62. The van der Waals surface area contributed by atoms with E-state index in [1.165, 1.54) is 0 Å². The Morgan fingerprint density at radius 3 is 1.80 bits per heavy atom. The van der Waals surface area contributed by atoms with Crippen molar-refractivity contribution < 1.29 is 9.59 Å². The van der Waals surface area contributed by atoms with Gasteiger partial charge in [-0.2, -0.15) is 0 Å². The van der Waals surface area contributed by atoms with Crippen molar-refractivity contribution >= 4 is 27.5 Å². The van der Waals surface area contributed by atoms with Gasteiger partial charge in [0, 0.05) is 26.7 Å². The smallest absolute Gasteiger partial charge is 0.194 e. The Kier molecular flexibility index (Phi) is 3.69. The van der Waals surface area contributed by atoms with E-state index in [0.717, 1.165) is 26.7 Å². The third-order valence-corrected chi connectivity index (χ3v) is 5.17. The number of carbonyl (C=O) groups is 2. The minimum Gasteiger partial charge on any atom is -0.289 e. The number of halogens is 1. The van der Waals surface area contributed by atoms with Gasteiger partial charge in [-0.05, 0) is 60.4 Å². The number of hydrogen-bond acceptors (Lipinski definition) is 2. The number of ketones is 2. The van der Waals surface area contributed by atoms with Gasteiger partial charge in [0.2, 0.25) is 0 Å². The van der Waals surface area contributed by atoms with E-state index in [-0.39, 0.29) is 11.6 Å². The van der Waals surface area contributed by atoms with Gasteiger partial charge < -0.3 is 0 Å². The van der Waals surface area contributed by atoms with Crippen molar-refractivity contribution in [3.05, 3.63) is 92.5 Å². The highest BCUT2D eigenvalue weighted by Gasteiger charge is 2.29. The number of carbonyl (C=O) groups excluding carboxylic acids is 2. The van der Waals surface area contributed by atoms with Crippen molar-refractivity contribution in [2.75, 3.05) is 0 Å². The maximum absolute atomic E-state index is 12.9. The number of rotatable bonds is 1. The molecule has 2 nitrogen and oxygen atoms in total. The molecule has 0 N–H and O–H groups in total. The summed E-state index contributed by atoms with van der Waals surface area (Å²) < 4.78 is 1.03. The first-order valence-corrected chi connectivity index (χ1v) is 8.86. The molecule has 122 valence electrons. The zero-order valence-electron chi connectivity index (χ0n) is 13.9. The molecule has 0 bridgehead atoms. The highest BCUT2D eigenvalue weighted by Crippen LogP contribution is 2.34. The molecular formula is C22H15BrO2. The fraction of sp³-hybridized carbons (Fsp3) is 0.0909. The SMILES string of the molecule is Cc1cc(Br)cc(C)c1-c1ccc2c(c1)C(=O)c1ccccc1C2=O. The van der Waals surface area contributed by atoms with Crippen LogP contribution in [0.2, 0.25) is 0 Å². The van der Waals surface area contributed by atoms with Crippen LogP contribution in [0.5, 0.6) is 0 Å². The van der Waals surface area contributed by atoms with E-state index in [0.29, 0.717) is 22.3 Å². The normalized spacial score (nSPS) is 12.8. The van der Waals surface area contributed by atoms with Crippen LogP contribution in [0.15, 0.2) is 59.1 Å². The van der Waals surface area contributed by atoms with E-state index in [4.69, 9.17) is 0 Å². The summed E-state index contributed by atoms with van der Waals surface area (Å²) in [4.78, 5) is 25.6. The summed E-state index contributed by atoms with van der Waals surface area (Å²) in [6.45, 7) is 4.10. The van der Waals surface area contributed by atoms with Crippen molar-refractivity contribution in [1.29, 1.82) is 0 Å². The van der Waals surface area contributed by atoms with Crippen LogP contribution in [0.1, 0.15) is 43.0 Å². The predicted molar refractivity (Wildman–Crippen MR) is 102 cm³/mol. The molecule has 0 heterocycles. The Bertz CT molecular complexity index is 1040. The Labute approximate surface area is 154 Å². The highest BCUT2D eigenvalue weighted by molar-refractivity contribution is 9.10. The highest BCUT2D eigenvalue weighted by atomic mass is 79.9. The van der Waals surface area contributed by atoms with Crippen molar-refractivity contribution in [3.8, 4) is 11.1 Å². The van der Waals surface area contributed by atoms with Gasteiger partial charge in [0.1, 0.15) is 0 Å². The summed E-state index contributed by atoms with van der Waals surface area (Å²) in [5, 5.41) is 0. The van der Waals surface area contributed by atoms with Crippen LogP contribution >= 0.6 is 15.9 Å². The molecule has 0 radical (unpaired) electrons. The molecule has 0 saturated heterocycles. The van der Waals surface area contributed by atoms with Crippen LogP contribution in [-0.2, 0) is 0 Å². The number of benzene rings is 3. The summed E-state index contributed by atoms with van der Waals surface area (Å²) in [5.74, 6) is -0.166. The van der Waals surface area contributed by atoms with Crippen molar-refractivity contribution in [3.63, 3.8) is 0 Å². The quantitative estimate of drug-likeness (QED) is 0.429. The molecule has 3 heteroatoms. The van der Waals surface area contributed by atoms with Crippen LogP contribution < -0.4 is 0 Å². The zero-order chi connectivity index (χ0) is 17.7. The van der Waals surface area contributed by atoms with Gasteiger partial charge in [-0.15, -0.1) is 0 Å². The van der Waals surface area contributed by atoms with Gasteiger partial charge >= 0.3 is 0 Å². The Morgan fingerprint density at radius 2 is 1.20 bits per heavy atom. The van der Waals surface area contributed by atoms with Gasteiger partial charge in [0.15, 0.2) is 11.6 Å². The third-order valence-electron chi connectivity index (χ3n) is 4.71. The summed E-state index contributed by atoms with van der Waals surface area (Å²) in [6.07, 6.45) is 0. The molecule has 1 aliphatic carbocycles. The van der Waals surface area contributed by atoms with Gasteiger partial charge in [0.25, 0.3) is 0 Å². The fourth-order valence-corrected chi connectivity index (χ4v) is 4.31. The largest absolute Gasteiger partial charge is 0.289 e. The Hall–Kier alpha value is -2.52. The topological polar surface area (TPSA) is 34.1 Å². The molecule has 0 spiro atoms. The van der Waals surface area contributed by atoms with Crippen LogP contribution in [0.25, 0.3) is 11.1 Å². The average Bonchev–Trinajstić information content (AvgIpc) is 2.59. The van der Waals surface area contributed by atoms with Gasteiger partial charge in [-0.3, -0.25) is 9.59 Å². The molecule has 1 aliphatic rings. The first kappa shape index (κ1) is 16.0. The second-order valence-corrected chi connectivity index (χ2v) is 7.29. The Balaban J connectivity index is 1.92. The second kappa shape index (κ2) is 5.78. The van der Waals surface area contributed by atoms with E-state index in [1.54, 1.807) is 30.3 Å². The molecule has 0 amide bonds. The van der Waals surface area contributed by atoms with Crippen molar-refractivity contribution in [1.82, 2.24) is 0 Å². The maximum Gasteiger partial charge on any atom is 0.194 e. The predicted octanol–water partition coefficient (Wildman–Crippen LogP) is 5.51. The van der Waals surface area contributed by atoms with Crippen LogP contribution in [0, 0.1) is 13.8 Å². The van der Waals surface area contributed by atoms with Gasteiger partial charge in [-0.1, -0.05) is 46.3 Å². The van der Waals surface area contributed by atoms with Crippen LogP contribution in [0.4, 0.5) is 0 Å². The minimum atomic E-state index is -0.0838. The first-order valence-electron chi connectivity index (χ1n) is 8.07. The molecular weight excluding hydrogens is 376 g/mol. The molecule has 0 unspecified atom stereocenters. The van der Waals surface area contributed by atoms with Crippen molar-refractivity contribution in [2.24, 2.45) is 0 Å². The second-order valence-electron chi connectivity index (χ2n) is 6.38. The van der Waals surface area contributed by atoms with Gasteiger partial charge in [-0.25, -0.2) is 0 Å². The lowest BCUT2D eigenvalue weighted by Crippen LogP contribution is -2.20. The molecule has 0 fully saturated rings. The number of fused-ring (bicyclic) bond motifs is 2. The molecule has 4 rings (SSSR count). The van der Waals surface area contributed by atoms with E-state index >= 15 is 0 Å². The molecule has 0 aliphatic heterocycles. The van der Waals surface area contributed by atoms with Crippen molar-refractivity contribution in [2.45, 2.75) is 13.8 Å². The summed E-state index contributed by atoms with van der Waals surface area (Å²) >= 11 is 3.52. The summed E-state index contributed by atoms with van der Waals surface area (Å²) in [5.41, 5.74) is 6.27. The lowest BCUT2D eigenvalue weighted by atomic mass is 9.82. The third kappa shape index (κ3) is 2.47. The average molecular weight is 391 g/mol. The van der Waals surface area contributed by atoms with E-state index in [2.05, 4.69) is 41.9 Å². The minimum absolute atomic E-state index is 0.0824. The summed E-state index contributed by atoms with van der Waals surface area (Å²) in [6, 6.07) is 16.7.